The van der Waals surface area contributed by atoms with Crippen LogP contribution in [0.5, 0.6) is 0 Å². The summed E-state index contributed by atoms with van der Waals surface area (Å²) in [5.41, 5.74) is 1.89. The summed E-state index contributed by atoms with van der Waals surface area (Å²) >= 11 is 3.36. The van der Waals surface area contributed by atoms with E-state index < -0.39 is 0 Å². The molecule has 0 saturated heterocycles. The average Bonchev–Trinajstić information content (AvgIpc) is 2.98. The fourth-order valence-electron chi connectivity index (χ4n) is 2.42. The molecule has 0 atom stereocenters. The lowest BCUT2D eigenvalue weighted by atomic mass is 10.2. The Bertz CT molecular complexity index is 633. The lowest BCUT2D eigenvalue weighted by Crippen LogP contribution is -2.32. The highest BCUT2D eigenvalue weighted by atomic mass is 32.2. The average molecular weight is 349 g/mol. The molecule has 1 amide bonds. The van der Waals surface area contributed by atoms with Crippen molar-refractivity contribution in [3.05, 3.63) is 45.9 Å². The highest BCUT2D eigenvalue weighted by Gasteiger charge is 2.17. The van der Waals surface area contributed by atoms with E-state index in [4.69, 9.17) is 0 Å². The third-order valence-electron chi connectivity index (χ3n) is 3.43. The van der Waals surface area contributed by atoms with Gasteiger partial charge in [0.15, 0.2) is 0 Å². The number of hydrogen-bond acceptors (Lipinski definition) is 4. The van der Waals surface area contributed by atoms with Crippen molar-refractivity contribution < 1.29 is 4.79 Å². The Kier molecular flexibility index (Phi) is 7.12. The molecule has 1 aromatic carbocycles. The van der Waals surface area contributed by atoms with Gasteiger partial charge in [-0.2, -0.15) is 0 Å². The van der Waals surface area contributed by atoms with Gasteiger partial charge in [-0.05, 0) is 31.9 Å². The lowest BCUT2D eigenvalue weighted by molar-refractivity contribution is 0.0752. The Hall–Kier alpha value is -1.33. The number of aryl methyl sites for hydroxylation is 1. The van der Waals surface area contributed by atoms with E-state index in [0.717, 1.165) is 52.8 Å². The van der Waals surface area contributed by atoms with Gasteiger partial charge >= 0.3 is 0 Å². The predicted molar refractivity (Wildman–Crippen MR) is 99.3 cm³/mol. The summed E-state index contributed by atoms with van der Waals surface area (Å²) in [6.07, 6.45) is 1.97. The number of amides is 1. The number of thiazole rings is 1. The van der Waals surface area contributed by atoms with Crippen molar-refractivity contribution in [3.8, 4) is 0 Å². The van der Waals surface area contributed by atoms with Crippen LogP contribution in [0.3, 0.4) is 0 Å². The minimum atomic E-state index is 0.145. The first kappa shape index (κ1) is 18.0. The van der Waals surface area contributed by atoms with Gasteiger partial charge in [0.1, 0.15) is 0 Å². The Balaban J connectivity index is 2.13. The second-order valence-corrected chi connectivity index (χ2v) is 7.51. The molecule has 1 aromatic heterocycles. The third-order valence-corrected chi connectivity index (χ3v) is 5.36. The highest BCUT2D eigenvalue weighted by Crippen LogP contribution is 2.27. The largest absolute Gasteiger partial charge is 0.339 e. The first-order valence-corrected chi connectivity index (χ1v) is 9.94. The fraction of sp³-hybridized carbons (Fsp3) is 0.444. The molecule has 0 N–H and O–H groups in total. The maximum absolute atomic E-state index is 12.9. The monoisotopic (exact) mass is 348 g/mol. The number of carbonyl (C=O) groups excluding carboxylic acids is 1. The maximum Gasteiger partial charge on any atom is 0.254 e. The Morgan fingerprint density at radius 1 is 1.22 bits per heavy atom. The van der Waals surface area contributed by atoms with E-state index in [0.29, 0.717) is 0 Å². The predicted octanol–water partition coefficient (Wildman–Crippen LogP) is 5.01. The fourth-order valence-corrected chi connectivity index (χ4v) is 4.08. The number of nitrogens with zero attached hydrogens (tertiary/aromatic N) is 2. The molecule has 0 aliphatic rings. The molecule has 3 nitrogen and oxygen atoms in total. The zero-order chi connectivity index (χ0) is 16.7. The van der Waals surface area contributed by atoms with Gasteiger partial charge in [0, 0.05) is 29.1 Å². The van der Waals surface area contributed by atoms with Crippen molar-refractivity contribution in [1.29, 1.82) is 0 Å². The highest BCUT2D eigenvalue weighted by molar-refractivity contribution is 7.98. The van der Waals surface area contributed by atoms with Crippen LogP contribution in [0.15, 0.2) is 34.5 Å². The van der Waals surface area contributed by atoms with Gasteiger partial charge in [0.05, 0.1) is 16.3 Å². The van der Waals surface area contributed by atoms with Gasteiger partial charge < -0.3 is 4.90 Å². The zero-order valence-corrected chi connectivity index (χ0v) is 15.7. The van der Waals surface area contributed by atoms with Gasteiger partial charge in [-0.3, -0.25) is 4.79 Å². The number of benzene rings is 1. The van der Waals surface area contributed by atoms with E-state index in [1.165, 1.54) is 0 Å². The Labute approximate surface area is 147 Å². The van der Waals surface area contributed by atoms with Crippen molar-refractivity contribution in [2.45, 2.75) is 44.3 Å². The van der Waals surface area contributed by atoms with Crippen molar-refractivity contribution in [2.24, 2.45) is 0 Å². The molecule has 0 unspecified atom stereocenters. The summed E-state index contributed by atoms with van der Waals surface area (Å²) < 4.78 is 0. The number of carbonyl (C=O) groups is 1. The first-order valence-electron chi connectivity index (χ1n) is 8.07. The van der Waals surface area contributed by atoms with Crippen LogP contribution in [0.1, 0.15) is 47.7 Å². The van der Waals surface area contributed by atoms with Crippen molar-refractivity contribution in [2.75, 3.05) is 13.1 Å². The van der Waals surface area contributed by atoms with Crippen LogP contribution in [0, 0.1) is 6.92 Å². The molecule has 5 heteroatoms. The van der Waals surface area contributed by atoms with Gasteiger partial charge in [0.25, 0.3) is 5.91 Å². The molecule has 124 valence electrons. The quantitative estimate of drug-likeness (QED) is 0.629. The van der Waals surface area contributed by atoms with E-state index in [-0.39, 0.29) is 5.91 Å². The molecule has 0 radical (unpaired) electrons. The second kappa shape index (κ2) is 9.08. The molecule has 2 rings (SSSR count). The van der Waals surface area contributed by atoms with Gasteiger partial charge in [-0.25, -0.2) is 4.98 Å². The molecule has 2 aromatic rings. The summed E-state index contributed by atoms with van der Waals surface area (Å²) in [6.45, 7) is 7.87. The van der Waals surface area contributed by atoms with Crippen LogP contribution in [0.25, 0.3) is 0 Å². The Morgan fingerprint density at radius 3 is 2.52 bits per heavy atom. The van der Waals surface area contributed by atoms with Crippen LogP contribution >= 0.6 is 23.1 Å². The number of aromatic nitrogens is 1. The molecule has 0 bridgehead atoms. The number of hydrogen-bond donors (Lipinski definition) is 0. The standard InChI is InChI=1S/C18H24N2OS2/c1-4-10-20(11-5-2)18(21)16-8-6-7-9-17(16)23-13-15-12-22-14(3)19-15/h6-9,12H,4-5,10-11,13H2,1-3H3. The van der Waals surface area contributed by atoms with E-state index in [1.807, 2.05) is 36.1 Å². The molecule has 0 aliphatic carbocycles. The van der Waals surface area contributed by atoms with Crippen LogP contribution in [0.4, 0.5) is 0 Å². The van der Waals surface area contributed by atoms with Crippen LogP contribution < -0.4 is 0 Å². The smallest absolute Gasteiger partial charge is 0.254 e. The van der Waals surface area contributed by atoms with E-state index in [2.05, 4.69) is 24.2 Å². The van der Waals surface area contributed by atoms with Gasteiger partial charge in [0.2, 0.25) is 0 Å². The molecule has 1 heterocycles. The van der Waals surface area contributed by atoms with Crippen molar-refractivity contribution in [3.63, 3.8) is 0 Å². The lowest BCUT2D eigenvalue weighted by Gasteiger charge is -2.22. The number of rotatable bonds is 8. The molecule has 0 saturated carbocycles. The summed E-state index contributed by atoms with van der Waals surface area (Å²) in [4.78, 5) is 20.4. The zero-order valence-electron chi connectivity index (χ0n) is 14.0. The summed E-state index contributed by atoms with van der Waals surface area (Å²) in [6, 6.07) is 7.91. The van der Waals surface area contributed by atoms with Gasteiger partial charge in [-0.1, -0.05) is 26.0 Å². The van der Waals surface area contributed by atoms with Crippen molar-refractivity contribution >= 4 is 29.0 Å². The summed E-state index contributed by atoms with van der Waals surface area (Å²) in [5.74, 6) is 0.946. The number of thioether (sulfide) groups is 1. The Morgan fingerprint density at radius 2 is 1.91 bits per heavy atom. The minimum Gasteiger partial charge on any atom is -0.339 e. The normalized spacial score (nSPS) is 10.7. The second-order valence-electron chi connectivity index (χ2n) is 5.43. The molecule has 23 heavy (non-hydrogen) atoms. The minimum absolute atomic E-state index is 0.145. The van der Waals surface area contributed by atoms with Crippen LogP contribution in [0.2, 0.25) is 0 Å². The SMILES string of the molecule is CCCN(CCC)C(=O)c1ccccc1SCc1csc(C)n1. The molecule has 0 spiro atoms. The van der Waals surface area contributed by atoms with Gasteiger partial charge in [-0.15, -0.1) is 23.1 Å². The van der Waals surface area contributed by atoms with Crippen molar-refractivity contribution in [1.82, 2.24) is 9.88 Å². The van der Waals surface area contributed by atoms with E-state index in [9.17, 15) is 4.79 Å². The third kappa shape index (κ3) is 5.08. The molecule has 0 fully saturated rings. The van der Waals surface area contributed by atoms with E-state index >= 15 is 0 Å². The molecular formula is C18H24N2OS2. The first-order chi connectivity index (χ1) is 11.2. The topological polar surface area (TPSA) is 33.2 Å². The summed E-state index contributed by atoms with van der Waals surface area (Å²) in [7, 11) is 0. The maximum atomic E-state index is 12.9. The van der Waals surface area contributed by atoms with E-state index in [1.54, 1.807) is 23.1 Å². The molecule has 0 aliphatic heterocycles. The van der Waals surface area contributed by atoms with Crippen LogP contribution in [-0.4, -0.2) is 28.9 Å². The van der Waals surface area contributed by atoms with Crippen LogP contribution in [-0.2, 0) is 5.75 Å². The molecular weight excluding hydrogens is 324 g/mol. The summed E-state index contributed by atoms with van der Waals surface area (Å²) in [5, 5.41) is 3.18.